The summed E-state index contributed by atoms with van der Waals surface area (Å²) in [5.41, 5.74) is 10.6. The molecule has 2 aromatic heterocycles. The molecule has 0 saturated carbocycles. The zero-order valence-electron chi connectivity index (χ0n) is 27.3. The maximum Gasteiger partial charge on any atom is 0.159 e. The van der Waals surface area contributed by atoms with E-state index in [0.717, 1.165) is 55.5 Å². The van der Waals surface area contributed by atoms with Crippen LogP contribution in [0.25, 0.3) is 60.3 Å². The summed E-state index contributed by atoms with van der Waals surface area (Å²) in [6.07, 6.45) is 17.5. The molecular formula is C47H32N2O. The first-order valence-corrected chi connectivity index (χ1v) is 17.2. The predicted molar refractivity (Wildman–Crippen MR) is 209 cm³/mol. The summed E-state index contributed by atoms with van der Waals surface area (Å²) in [7, 11) is 0. The number of nitrogens with zero attached hydrogens (tertiary/aromatic N) is 2. The predicted octanol–water partition coefficient (Wildman–Crippen LogP) is 12.7. The highest BCUT2D eigenvalue weighted by atomic mass is 16.3. The molecule has 2 atom stereocenters. The van der Waals surface area contributed by atoms with E-state index < -0.39 is 0 Å². The summed E-state index contributed by atoms with van der Waals surface area (Å²) in [6.45, 7) is 0. The lowest BCUT2D eigenvalue weighted by atomic mass is 9.77. The molecule has 0 bridgehead atoms. The van der Waals surface area contributed by atoms with Crippen LogP contribution in [0.4, 0.5) is 17.1 Å². The number of hydrogen-bond acceptors (Lipinski definition) is 3. The molecule has 50 heavy (non-hydrogen) atoms. The van der Waals surface area contributed by atoms with Crippen molar-refractivity contribution in [2.45, 2.75) is 0 Å². The van der Waals surface area contributed by atoms with Crippen LogP contribution in [0.5, 0.6) is 0 Å². The van der Waals surface area contributed by atoms with Crippen molar-refractivity contribution < 1.29 is 4.42 Å². The molecule has 236 valence electrons. The maximum atomic E-state index is 6.79. The summed E-state index contributed by atoms with van der Waals surface area (Å²) in [6, 6.07) is 47.8. The Morgan fingerprint density at radius 1 is 0.560 bits per heavy atom. The molecule has 2 heterocycles. The molecule has 6 aromatic carbocycles. The van der Waals surface area contributed by atoms with Crippen molar-refractivity contribution in [3.8, 4) is 11.1 Å². The number of hydrogen-bond donors (Lipinski definition) is 0. The zero-order valence-corrected chi connectivity index (χ0v) is 27.3. The first kappa shape index (κ1) is 28.6. The van der Waals surface area contributed by atoms with Crippen LogP contribution < -0.4 is 4.90 Å². The number of furan rings is 1. The summed E-state index contributed by atoms with van der Waals surface area (Å²) in [5, 5.41) is 5.73. The minimum atomic E-state index is 0.310. The van der Waals surface area contributed by atoms with Gasteiger partial charge in [0, 0.05) is 51.6 Å². The lowest BCUT2D eigenvalue weighted by Crippen LogP contribution is -2.15. The number of allylic oxidation sites excluding steroid dienone is 8. The van der Waals surface area contributed by atoms with Crippen LogP contribution in [-0.4, -0.2) is 4.98 Å². The Bertz CT molecular complexity index is 2740. The van der Waals surface area contributed by atoms with E-state index in [1.54, 1.807) is 0 Å². The van der Waals surface area contributed by atoms with E-state index in [2.05, 4.69) is 180 Å². The number of fused-ring (bicyclic) bond motifs is 6. The van der Waals surface area contributed by atoms with Gasteiger partial charge in [0.2, 0.25) is 0 Å². The highest BCUT2D eigenvalue weighted by Gasteiger charge is 2.25. The molecule has 10 rings (SSSR count). The van der Waals surface area contributed by atoms with Gasteiger partial charge in [0.25, 0.3) is 0 Å². The van der Waals surface area contributed by atoms with Crippen LogP contribution >= 0.6 is 0 Å². The second-order valence-corrected chi connectivity index (χ2v) is 13.1. The molecule has 0 N–H and O–H groups in total. The van der Waals surface area contributed by atoms with Crippen LogP contribution in [0.2, 0.25) is 0 Å². The molecule has 8 aromatic rings. The lowest BCUT2D eigenvalue weighted by Gasteiger charge is -2.29. The fourth-order valence-electron chi connectivity index (χ4n) is 7.87. The van der Waals surface area contributed by atoms with Gasteiger partial charge < -0.3 is 9.32 Å². The molecular weight excluding hydrogens is 609 g/mol. The summed E-state index contributed by atoms with van der Waals surface area (Å²) in [4.78, 5) is 6.96. The van der Waals surface area contributed by atoms with E-state index in [1.165, 1.54) is 27.5 Å². The van der Waals surface area contributed by atoms with Crippen LogP contribution in [0.15, 0.2) is 187 Å². The molecule has 0 aliphatic heterocycles. The van der Waals surface area contributed by atoms with Crippen molar-refractivity contribution in [3.63, 3.8) is 0 Å². The summed E-state index contributed by atoms with van der Waals surface area (Å²) >= 11 is 0. The van der Waals surface area contributed by atoms with Gasteiger partial charge in [0.1, 0.15) is 5.58 Å². The third kappa shape index (κ3) is 4.70. The first-order valence-electron chi connectivity index (χ1n) is 17.2. The van der Waals surface area contributed by atoms with E-state index >= 15 is 0 Å². The number of benzene rings is 6. The zero-order chi connectivity index (χ0) is 33.0. The second kappa shape index (κ2) is 11.6. The fraction of sp³-hybridized carbons (Fsp3) is 0.0426. The van der Waals surface area contributed by atoms with Gasteiger partial charge >= 0.3 is 0 Å². The highest BCUT2D eigenvalue weighted by molar-refractivity contribution is 6.13. The van der Waals surface area contributed by atoms with Crippen LogP contribution in [0, 0.1) is 11.8 Å². The molecule has 2 aliphatic carbocycles. The number of aromatic nitrogens is 1. The Morgan fingerprint density at radius 2 is 1.30 bits per heavy atom. The van der Waals surface area contributed by atoms with Gasteiger partial charge in [0.15, 0.2) is 5.58 Å². The van der Waals surface area contributed by atoms with E-state index in [9.17, 15) is 0 Å². The lowest BCUT2D eigenvalue weighted by molar-refractivity contribution is 0.669. The Kier molecular flexibility index (Phi) is 6.63. The highest BCUT2D eigenvalue weighted by Crippen LogP contribution is 2.45. The summed E-state index contributed by atoms with van der Waals surface area (Å²) in [5.74, 6) is 0.677. The van der Waals surface area contributed by atoms with E-state index in [1.807, 2.05) is 12.3 Å². The van der Waals surface area contributed by atoms with Gasteiger partial charge in [-0.2, -0.15) is 0 Å². The van der Waals surface area contributed by atoms with Crippen molar-refractivity contribution in [1.29, 1.82) is 0 Å². The molecule has 0 spiro atoms. The Labute approximate surface area is 290 Å². The fourth-order valence-corrected chi connectivity index (χ4v) is 7.87. The number of anilines is 3. The minimum Gasteiger partial charge on any atom is -0.454 e. The van der Waals surface area contributed by atoms with Gasteiger partial charge in [-0.1, -0.05) is 127 Å². The monoisotopic (exact) mass is 640 g/mol. The van der Waals surface area contributed by atoms with Crippen molar-refractivity contribution in [3.05, 3.63) is 188 Å². The number of pyridine rings is 1. The van der Waals surface area contributed by atoms with Crippen molar-refractivity contribution in [2.75, 3.05) is 4.90 Å². The molecule has 2 unspecified atom stereocenters. The Hall–Kier alpha value is -6.45. The Morgan fingerprint density at radius 3 is 2.24 bits per heavy atom. The topological polar surface area (TPSA) is 29.3 Å². The van der Waals surface area contributed by atoms with Gasteiger partial charge in [-0.25, -0.2) is 0 Å². The number of rotatable bonds is 5. The first-order chi connectivity index (χ1) is 24.8. The third-order valence-corrected chi connectivity index (χ3v) is 10.2. The third-order valence-electron chi connectivity index (χ3n) is 10.2. The van der Waals surface area contributed by atoms with E-state index in [0.29, 0.717) is 11.8 Å². The largest absolute Gasteiger partial charge is 0.454 e. The van der Waals surface area contributed by atoms with Gasteiger partial charge in [-0.15, -0.1) is 0 Å². The van der Waals surface area contributed by atoms with Crippen molar-refractivity contribution in [2.24, 2.45) is 11.8 Å². The molecule has 3 heteroatoms. The molecule has 0 saturated heterocycles. The molecule has 2 aliphatic rings. The van der Waals surface area contributed by atoms with Crippen LogP contribution in [0.3, 0.4) is 0 Å². The average molecular weight is 641 g/mol. The molecule has 0 fully saturated rings. The van der Waals surface area contributed by atoms with Gasteiger partial charge in [-0.05, 0) is 75.5 Å². The van der Waals surface area contributed by atoms with E-state index in [4.69, 9.17) is 4.42 Å². The van der Waals surface area contributed by atoms with Gasteiger partial charge in [-0.3, -0.25) is 4.98 Å². The quantitative estimate of drug-likeness (QED) is 0.187. The minimum absolute atomic E-state index is 0.310. The molecule has 0 radical (unpaired) electrons. The van der Waals surface area contributed by atoms with Crippen molar-refractivity contribution in [1.82, 2.24) is 4.98 Å². The molecule has 3 nitrogen and oxygen atoms in total. The van der Waals surface area contributed by atoms with Crippen LogP contribution in [-0.2, 0) is 0 Å². The van der Waals surface area contributed by atoms with Crippen molar-refractivity contribution >= 4 is 66.2 Å². The normalized spacial score (nSPS) is 16.7. The standard InChI is InChI=1S/C47H32N2O/c1-3-20-38-31(11-1)13-7-22-40(38)33-15-5-18-36(27-33)49(37-19-6-16-34(28-37)41-23-8-14-32-12-2-4-21-39(32)41)45-25-9-24-42-43-29-35-17-10-26-48-44(35)30-46(43)50-47(42)45/h1-31,38H. The van der Waals surface area contributed by atoms with Crippen LogP contribution in [0.1, 0.15) is 5.56 Å². The summed E-state index contributed by atoms with van der Waals surface area (Å²) < 4.78 is 6.79. The number of para-hydroxylation sites is 1. The Balaban J connectivity index is 1.19. The molecule has 0 amide bonds. The average Bonchev–Trinajstić information content (AvgIpc) is 3.55. The maximum absolute atomic E-state index is 6.79. The van der Waals surface area contributed by atoms with Gasteiger partial charge in [0.05, 0.1) is 11.2 Å². The van der Waals surface area contributed by atoms with E-state index in [-0.39, 0.29) is 0 Å². The SMILES string of the molecule is C1=CC2C=CC=C(c3cccc(N(c4cccc(-c5cccc6ccccc56)c4)c4cccc5c4oc4cc6ncccc6cc45)c3)C2C=C1. The second-order valence-electron chi connectivity index (χ2n) is 13.1. The smallest absolute Gasteiger partial charge is 0.159 e.